The van der Waals surface area contributed by atoms with Crippen LogP contribution in [0.1, 0.15) is 0 Å². The number of nitrogen functional groups attached to an aromatic ring is 1. The fraction of sp³-hybridized carbons (Fsp3) is 0.125. The summed E-state index contributed by atoms with van der Waals surface area (Å²) in [6.07, 6.45) is 0. The average Bonchev–Trinajstić information content (AvgIpc) is 3.28. The number of halogens is 4. The molecule has 178 valence electrons. The topological polar surface area (TPSA) is 175 Å². The van der Waals surface area contributed by atoms with E-state index in [1.165, 1.54) is 14.1 Å². The van der Waals surface area contributed by atoms with Gasteiger partial charge in [-0.3, -0.25) is 10.1 Å². The maximum atomic E-state index is 13.7. The lowest BCUT2D eigenvalue weighted by atomic mass is 10.2. The van der Waals surface area contributed by atoms with Gasteiger partial charge in [0.15, 0.2) is 23.1 Å². The molecule has 14 nitrogen and oxygen atoms in total. The molecule has 0 aliphatic carbocycles. The zero-order chi connectivity index (χ0) is 25.3. The van der Waals surface area contributed by atoms with Crippen molar-refractivity contribution in [2.45, 2.75) is 0 Å². The first-order valence-electron chi connectivity index (χ1n) is 8.80. The third-order valence-electron chi connectivity index (χ3n) is 4.21. The van der Waals surface area contributed by atoms with E-state index in [0.717, 1.165) is 21.5 Å². The van der Waals surface area contributed by atoms with Crippen molar-refractivity contribution in [2.75, 3.05) is 5.73 Å². The van der Waals surface area contributed by atoms with Crippen molar-refractivity contribution in [2.24, 2.45) is 14.1 Å². The molecule has 2 aromatic carbocycles. The smallest absolute Gasteiger partial charge is 0.368 e. The molecular weight excluding hydrogens is 472 g/mol. The summed E-state index contributed by atoms with van der Waals surface area (Å²) >= 11 is 0. The van der Waals surface area contributed by atoms with Gasteiger partial charge in [-0.25, -0.2) is 22.8 Å². The number of aromatic nitrogens is 8. The Balaban J connectivity index is 0.000000192. The Hall–Kier alpha value is -4.90. The van der Waals surface area contributed by atoms with Crippen LogP contribution < -0.4 is 17.1 Å². The van der Waals surface area contributed by atoms with Gasteiger partial charge in [-0.05, 0) is 39.1 Å². The maximum absolute atomic E-state index is 13.7. The third-order valence-corrected chi connectivity index (χ3v) is 4.21. The van der Waals surface area contributed by atoms with Crippen LogP contribution in [0.25, 0.3) is 11.4 Å². The fourth-order valence-corrected chi connectivity index (χ4v) is 2.52. The van der Waals surface area contributed by atoms with Gasteiger partial charge in [-0.2, -0.15) is 23.1 Å². The van der Waals surface area contributed by atoms with Crippen molar-refractivity contribution in [3.63, 3.8) is 0 Å². The van der Waals surface area contributed by atoms with Gasteiger partial charge in [0.25, 0.3) is 0 Å². The Morgan fingerprint density at radius 2 is 1.24 bits per heavy atom. The van der Waals surface area contributed by atoms with Gasteiger partial charge in [-0.1, -0.05) is 0 Å². The predicted octanol–water partition coefficient (Wildman–Crippen LogP) is -0.0212. The lowest BCUT2D eigenvalue weighted by Gasteiger charge is -2.04. The quantitative estimate of drug-likeness (QED) is 0.181. The Morgan fingerprint density at radius 1 is 0.794 bits per heavy atom. The molecule has 0 aliphatic heterocycles. The first-order chi connectivity index (χ1) is 16.0. The molecule has 0 saturated heterocycles. The van der Waals surface area contributed by atoms with Crippen molar-refractivity contribution >= 4 is 11.4 Å². The van der Waals surface area contributed by atoms with Gasteiger partial charge in [0.1, 0.15) is 5.69 Å². The van der Waals surface area contributed by atoms with Crippen molar-refractivity contribution < 1.29 is 22.5 Å². The standard InChI is InChI=1S/C8H5F2N5O3.C8H7F2N5O/c1-13-8(16)14(12-11-13)7-4(9)2-3-5(6(7)10)15(17)18;1-14-8(16)15(13-12-14)7-4(9)2-3-5(11)6(7)10/h2-3H,1H3;2-3H,11H2,1H3. The van der Waals surface area contributed by atoms with Crippen molar-refractivity contribution in [1.82, 2.24) is 39.6 Å². The summed E-state index contributed by atoms with van der Waals surface area (Å²) in [6, 6.07) is 3.36. The molecule has 4 aromatic rings. The molecule has 2 aromatic heterocycles. The Labute approximate surface area is 184 Å². The van der Waals surface area contributed by atoms with Crippen molar-refractivity contribution in [1.29, 1.82) is 0 Å². The minimum atomic E-state index is -1.48. The van der Waals surface area contributed by atoms with Crippen LogP contribution in [-0.2, 0) is 14.1 Å². The molecular formula is C16H12F4N10O4. The Morgan fingerprint density at radius 3 is 1.65 bits per heavy atom. The first kappa shape index (κ1) is 23.8. The molecule has 0 fully saturated rings. The number of tetrazole rings is 2. The van der Waals surface area contributed by atoms with Gasteiger partial charge in [0, 0.05) is 20.2 Å². The second-order valence-electron chi connectivity index (χ2n) is 6.38. The average molecular weight is 484 g/mol. The number of benzene rings is 2. The molecule has 0 atom stereocenters. The molecule has 0 saturated carbocycles. The van der Waals surface area contributed by atoms with Crippen LogP contribution in [0, 0.1) is 33.4 Å². The van der Waals surface area contributed by atoms with E-state index in [0.29, 0.717) is 21.5 Å². The molecule has 0 amide bonds. The number of anilines is 1. The number of nitrogens with zero attached hydrogens (tertiary/aromatic N) is 9. The molecule has 34 heavy (non-hydrogen) atoms. The summed E-state index contributed by atoms with van der Waals surface area (Å²) < 4.78 is 56.5. The van der Waals surface area contributed by atoms with Crippen LogP contribution in [0.2, 0.25) is 0 Å². The molecule has 2 N–H and O–H groups in total. The third kappa shape index (κ3) is 4.10. The summed E-state index contributed by atoms with van der Waals surface area (Å²) in [5, 5.41) is 23.7. The van der Waals surface area contributed by atoms with Crippen LogP contribution in [-0.4, -0.2) is 44.5 Å². The fourth-order valence-electron chi connectivity index (χ4n) is 2.52. The number of nitro groups is 1. The minimum Gasteiger partial charge on any atom is -0.396 e. The van der Waals surface area contributed by atoms with Gasteiger partial charge < -0.3 is 5.73 Å². The number of hydrogen-bond donors (Lipinski definition) is 1. The second kappa shape index (κ2) is 8.92. The van der Waals surface area contributed by atoms with Crippen LogP contribution >= 0.6 is 0 Å². The number of aryl methyl sites for hydroxylation is 2. The van der Waals surface area contributed by atoms with Crippen LogP contribution in [0.4, 0.5) is 28.9 Å². The van der Waals surface area contributed by atoms with Crippen molar-refractivity contribution in [3.05, 3.63) is 78.6 Å². The van der Waals surface area contributed by atoms with E-state index in [4.69, 9.17) is 5.73 Å². The van der Waals surface area contributed by atoms with Crippen LogP contribution in [0.5, 0.6) is 0 Å². The van der Waals surface area contributed by atoms with Crippen LogP contribution in [0.3, 0.4) is 0 Å². The van der Waals surface area contributed by atoms with E-state index < -0.39 is 56.6 Å². The highest BCUT2D eigenvalue weighted by molar-refractivity contribution is 5.50. The van der Waals surface area contributed by atoms with Gasteiger partial charge in [0.05, 0.1) is 10.6 Å². The zero-order valence-electron chi connectivity index (χ0n) is 17.1. The van der Waals surface area contributed by atoms with E-state index in [9.17, 15) is 37.3 Å². The largest absolute Gasteiger partial charge is 0.396 e. The maximum Gasteiger partial charge on any atom is 0.368 e. The molecule has 0 radical (unpaired) electrons. The van der Waals surface area contributed by atoms with E-state index in [1.54, 1.807) is 0 Å². The number of nitrogens with two attached hydrogens (primary N) is 1. The highest BCUT2D eigenvalue weighted by Crippen LogP contribution is 2.24. The summed E-state index contributed by atoms with van der Waals surface area (Å²) in [6.45, 7) is 0. The van der Waals surface area contributed by atoms with E-state index >= 15 is 0 Å². The summed E-state index contributed by atoms with van der Waals surface area (Å²) in [5.74, 6) is -4.61. The SMILES string of the molecule is Cn1nnn(-c2c(F)ccc(N)c2F)c1=O.Cn1nnn(-c2c(F)ccc([N+](=O)[O-])c2F)c1=O. The van der Waals surface area contributed by atoms with Crippen LogP contribution in [0.15, 0.2) is 33.9 Å². The summed E-state index contributed by atoms with van der Waals surface area (Å²) in [7, 11) is 2.53. The minimum absolute atomic E-state index is 0.269. The lowest BCUT2D eigenvalue weighted by Crippen LogP contribution is -2.23. The molecule has 0 aliphatic rings. The molecule has 2 heterocycles. The number of rotatable bonds is 3. The van der Waals surface area contributed by atoms with E-state index in [-0.39, 0.29) is 5.69 Å². The predicted molar refractivity (Wildman–Crippen MR) is 104 cm³/mol. The molecule has 0 bridgehead atoms. The first-order valence-corrected chi connectivity index (χ1v) is 8.80. The van der Waals surface area contributed by atoms with E-state index in [1.807, 2.05) is 0 Å². The molecule has 0 unspecified atom stereocenters. The Kier molecular flexibility index (Phi) is 6.23. The second-order valence-corrected chi connectivity index (χ2v) is 6.38. The Bertz CT molecular complexity index is 1520. The van der Waals surface area contributed by atoms with Gasteiger partial charge >= 0.3 is 17.1 Å². The van der Waals surface area contributed by atoms with Gasteiger partial charge in [-0.15, -0.1) is 0 Å². The highest BCUT2D eigenvalue weighted by Gasteiger charge is 2.25. The number of hydrogen-bond acceptors (Lipinski definition) is 9. The monoisotopic (exact) mass is 484 g/mol. The molecule has 0 spiro atoms. The lowest BCUT2D eigenvalue weighted by molar-refractivity contribution is -0.387. The molecule has 4 rings (SSSR count). The summed E-state index contributed by atoms with van der Waals surface area (Å²) in [5.41, 5.74) is 0.809. The number of nitro benzene ring substituents is 1. The molecule has 18 heteroatoms. The highest BCUT2D eigenvalue weighted by atomic mass is 19.1. The summed E-state index contributed by atoms with van der Waals surface area (Å²) in [4.78, 5) is 32.4. The van der Waals surface area contributed by atoms with E-state index in [2.05, 4.69) is 20.9 Å². The zero-order valence-corrected chi connectivity index (χ0v) is 17.1. The van der Waals surface area contributed by atoms with Crippen molar-refractivity contribution in [3.8, 4) is 11.4 Å². The normalized spacial score (nSPS) is 10.6. The van der Waals surface area contributed by atoms with Gasteiger partial charge in [0.2, 0.25) is 5.82 Å².